The molecule has 1 saturated carbocycles. The highest BCUT2D eigenvalue weighted by atomic mass is 19.1. The molecule has 2 aliphatic rings. The Morgan fingerprint density at radius 2 is 1.89 bits per heavy atom. The van der Waals surface area contributed by atoms with Gasteiger partial charge in [-0.15, -0.1) is 0 Å². The first-order valence-electron chi connectivity index (χ1n) is 15.1. The maximum absolute atomic E-state index is 15.9. The maximum atomic E-state index is 15.9. The van der Waals surface area contributed by atoms with E-state index in [0.29, 0.717) is 54.2 Å². The van der Waals surface area contributed by atoms with Gasteiger partial charge in [-0.1, -0.05) is 5.16 Å². The first-order valence-corrected chi connectivity index (χ1v) is 15.1. The van der Waals surface area contributed by atoms with Crippen molar-refractivity contribution in [3.05, 3.63) is 74.1 Å². The van der Waals surface area contributed by atoms with E-state index in [0.717, 1.165) is 18.9 Å². The molecule has 242 valence electrons. The van der Waals surface area contributed by atoms with Crippen LogP contribution in [0.5, 0.6) is 11.5 Å². The first-order chi connectivity index (χ1) is 22.1. The third-order valence-corrected chi connectivity index (χ3v) is 8.57. The number of benzene rings is 2. The molecule has 13 heteroatoms. The summed E-state index contributed by atoms with van der Waals surface area (Å²) in [7, 11) is 2.96. The standard InChI is InChI=1S/C33H35FN4O8/c1-5-45-35-26(22-12-19-6-9-21(43-3)13-27(19)46-33(22)42)17-36-10-11-37(15-18(36)2)29-25(34)14-23-28(31(29)44-4)38(20-7-8-20)16-24(30(23)39)32(40)41/h6,9,12-14,16,18,20H,5,7-8,10-11,15,17H2,1-4H3,(H,40,41)/b35-26-. The second-order valence-electron chi connectivity index (χ2n) is 11.5. The highest BCUT2D eigenvalue weighted by Gasteiger charge is 2.34. The molecule has 1 atom stereocenters. The topological polar surface area (TPSA) is 136 Å². The Labute approximate surface area is 263 Å². The number of aromatic nitrogens is 1. The van der Waals surface area contributed by atoms with E-state index in [-0.39, 0.29) is 41.0 Å². The third kappa shape index (κ3) is 5.66. The fourth-order valence-electron chi connectivity index (χ4n) is 6.08. The number of nitrogens with zero attached hydrogens (tertiary/aromatic N) is 4. The lowest BCUT2D eigenvalue weighted by atomic mass is 10.1. The van der Waals surface area contributed by atoms with Gasteiger partial charge in [0.25, 0.3) is 0 Å². The second-order valence-corrected chi connectivity index (χ2v) is 11.5. The van der Waals surface area contributed by atoms with Gasteiger partial charge < -0.3 is 33.3 Å². The predicted octanol–water partition coefficient (Wildman–Crippen LogP) is 4.25. The van der Waals surface area contributed by atoms with Crippen molar-refractivity contribution in [2.75, 3.05) is 51.9 Å². The molecular formula is C33H35FN4O8. The van der Waals surface area contributed by atoms with Crippen LogP contribution in [0.4, 0.5) is 10.1 Å². The van der Waals surface area contributed by atoms with E-state index in [1.54, 1.807) is 35.8 Å². The quantitative estimate of drug-likeness (QED) is 0.153. The molecule has 6 rings (SSSR count). The van der Waals surface area contributed by atoms with Crippen molar-refractivity contribution in [2.24, 2.45) is 5.16 Å². The molecule has 0 bridgehead atoms. The molecule has 1 aliphatic heterocycles. The van der Waals surface area contributed by atoms with E-state index >= 15 is 4.39 Å². The molecule has 12 nitrogen and oxygen atoms in total. The van der Waals surface area contributed by atoms with Crippen LogP contribution in [0.1, 0.15) is 48.7 Å². The zero-order valence-corrected chi connectivity index (χ0v) is 26.0. The Kier molecular flexibility index (Phi) is 8.43. The zero-order valence-electron chi connectivity index (χ0n) is 26.0. The van der Waals surface area contributed by atoms with Gasteiger partial charge in [0, 0.05) is 55.9 Å². The molecule has 1 aliphatic carbocycles. The van der Waals surface area contributed by atoms with Gasteiger partial charge in [0.15, 0.2) is 11.6 Å². The molecule has 2 aromatic carbocycles. The number of fused-ring (bicyclic) bond motifs is 2. The number of halogens is 1. The number of hydrogen-bond donors (Lipinski definition) is 1. The molecule has 3 heterocycles. The molecule has 0 amide bonds. The molecule has 2 fully saturated rings. The van der Waals surface area contributed by atoms with Crippen molar-refractivity contribution < 1.29 is 33.0 Å². The third-order valence-electron chi connectivity index (χ3n) is 8.57. The van der Waals surface area contributed by atoms with Crippen LogP contribution in [0.3, 0.4) is 0 Å². The smallest absolute Gasteiger partial charge is 0.345 e. The number of oxime groups is 1. The lowest BCUT2D eigenvalue weighted by Gasteiger charge is -2.41. The highest BCUT2D eigenvalue weighted by Crippen LogP contribution is 2.44. The Bertz CT molecular complexity index is 1980. The Morgan fingerprint density at radius 3 is 2.54 bits per heavy atom. The van der Waals surface area contributed by atoms with E-state index in [2.05, 4.69) is 10.1 Å². The van der Waals surface area contributed by atoms with Gasteiger partial charge >= 0.3 is 11.6 Å². The number of methoxy groups -OCH3 is 2. The van der Waals surface area contributed by atoms with Gasteiger partial charge in [0.05, 0.1) is 30.7 Å². The summed E-state index contributed by atoms with van der Waals surface area (Å²) < 4.78 is 34.3. The van der Waals surface area contributed by atoms with E-state index in [1.807, 2.05) is 11.8 Å². The van der Waals surface area contributed by atoms with Crippen molar-refractivity contribution in [2.45, 2.75) is 38.8 Å². The molecule has 2 aromatic heterocycles. The maximum Gasteiger partial charge on any atom is 0.345 e. The van der Waals surface area contributed by atoms with Gasteiger partial charge in [-0.05, 0) is 51.0 Å². The van der Waals surface area contributed by atoms with E-state index < -0.39 is 28.4 Å². The van der Waals surface area contributed by atoms with E-state index in [1.165, 1.54) is 20.4 Å². The second kappa shape index (κ2) is 12.5. The molecule has 4 aromatic rings. The van der Waals surface area contributed by atoms with Gasteiger partial charge in [-0.2, -0.15) is 0 Å². The van der Waals surface area contributed by atoms with Crippen LogP contribution in [-0.4, -0.2) is 79.3 Å². The lowest BCUT2D eigenvalue weighted by molar-refractivity contribution is 0.0694. The summed E-state index contributed by atoms with van der Waals surface area (Å²) in [5.74, 6) is -1.26. The van der Waals surface area contributed by atoms with E-state index in [9.17, 15) is 19.5 Å². The van der Waals surface area contributed by atoms with Crippen molar-refractivity contribution in [1.29, 1.82) is 0 Å². The summed E-state index contributed by atoms with van der Waals surface area (Å²) >= 11 is 0. The average Bonchev–Trinajstić information content (AvgIpc) is 3.88. The van der Waals surface area contributed by atoms with Crippen LogP contribution >= 0.6 is 0 Å². The number of ether oxygens (including phenoxy) is 2. The lowest BCUT2D eigenvalue weighted by Crippen LogP contribution is -2.53. The van der Waals surface area contributed by atoms with Crippen LogP contribution in [0.2, 0.25) is 0 Å². The Hall–Kier alpha value is -4.91. The van der Waals surface area contributed by atoms with Crippen molar-refractivity contribution in [3.63, 3.8) is 0 Å². The average molecular weight is 635 g/mol. The molecule has 0 radical (unpaired) electrons. The number of carboxylic acids is 1. The van der Waals surface area contributed by atoms with Crippen molar-refractivity contribution in [1.82, 2.24) is 9.47 Å². The van der Waals surface area contributed by atoms with Crippen molar-refractivity contribution in [3.8, 4) is 11.5 Å². The molecule has 0 spiro atoms. The Balaban J connectivity index is 1.31. The zero-order chi connectivity index (χ0) is 32.7. The van der Waals surface area contributed by atoms with E-state index in [4.69, 9.17) is 18.7 Å². The minimum absolute atomic E-state index is 0.00186. The largest absolute Gasteiger partial charge is 0.497 e. The monoisotopic (exact) mass is 634 g/mol. The van der Waals surface area contributed by atoms with Gasteiger partial charge in [0.2, 0.25) is 5.43 Å². The number of carbonyl (C=O) groups is 1. The fourth-order valence-corrected chi connectivity index (χ4v) is 6.08. The highest BCUT2D eigenvalue weighted by molar-refractivity contribution is 6.03. The number of aromatic carboxylic acids is 1. The summed E-state index contributed by atoms with van der Waals surface area (Å²) in [4.78, 5) is 47.4. The van der Waals surface area contributed by atoms with Gasteiger partial charge in [-0.3, -0.25) is 9.69 Å². The number of carboxylic acid groups (broad SMARTS) is 1. The number of piperazine rings is 1. The van der Waals surface area contributed by atoms with Crippen LogP contribution < -0.4 is 25.4 Å². The van der Waals surface area contributed by atoms with Crippen LogP contribution in [-0.2, 0) is 4.84 Å². The van der Waals surface area contributed by atoms with Gasteiger partial charge in [0.1, 0.15) is 34.9 Å². The van der Waals surface area contributed by atoms with Crippen LogP contribution in [0.15, 0.2) is 55.7 Å². The minimum atomic E-state index is -1.36. The fraction of sp³-hybridized carbons (Fsp3) is 0.394. The SMILES string of the molecule is CCO/N=C(/CN1CCN(c2c(F)cc3c(=O)c(C(=O)O)cn(C4CC4)c3c2OC)CC1C)c1cc2ccc(OC)cc2oc1=O. The summed E-state index contributed by atoms with van der Waals surface area (Å²) in [6, 6.07) is 7.96. The summed E-state index contributed by atoms with van der Waals surface area (Å²) in [6.45, 7) is 5.66. The Morgan fingerprint density at radius 1 is 1.11 bits per heavy atom. The minimum Gasteiger partial charge on any atom is -0.497 e. The molecule has 1 N–H and O–H groups in total. The van der Waals surface area contributed by atoms with Crippen molar-refractivity contribution >= 4 is 39.2 Å². The number of anilines is 1. The predicted molar refractivity (Wildman–Crippen MR) is 170 cm³/mol. The van der Waals surface area contributed by atoms with Crippen LogP contribution in [0, 0.1) is 5.82 Å². The number of hydrogen-bond acceptors (Lipinski definition) is 10. The summed E-state index contributed by atoms with van der Waals surface area (Å²) in [6.07, 6.45) is 2.98. The normalized spacial score (nSPS) is 17.5. The summed E-state index contributed by atoms with van der Waals surface area (Å²) in [5, 5.41) is 14.6. The summed E-state index contributed by atoms with van der Waals surface area (Å²) in [5.41, 5.74) is -0.0250. The molecule has 46 heavy (non-hydrogen) atoms. The molecular weight excluding hydrogens is 599 g/mol. The van der Waals surface area contributed by atoms with Crippen LogP contribution in [0.25, 0.3) is 21.9 Å². The first kappa shape index (κ1) is 31.1. The molecule has 1 unspecified atom stereocenters. The molecule has 1 saturated heterocycles. The number of pyridine rings is 1. The van der Waals surface area contributed by atoms with Gasteiger partial charge in [-0.25, -0.2) is 14.0 Å². The number of rotatable bonds is 10.